The van der Waals surface area contributed by atoms with Gasteiger partial charge in [0, 0.05) is 41.2 Å². The number of aryl methyl sites for hydroxylation is 1. The van der Waals surface area contributed by atoms with E-state index in [0.717, 1.165) is 48.8 Å². The number of aliphatic hydroxyl groups excluding tert-OH is 1. The standard InChI is InChI=1S/C26H25N5O3S/c1-16-12-19-13-20(3-5-21(19)30-16)31-25-24-17(6-7-27-25)14-23(35-24)22-4-2-18(15-29-22)26(33)28-8-10-34-11-9-32/h2-7,12-15,30,32H,8-11H2,1H3,(H,27,31)(H,28,33). The van der Waals surface area contributed by atoms with Gasteiger partial charge in [0.2, 0.25) is 0 Å². The molecule has 4 aromatic heterocycles. The van der Waals surface area contributed by atoms with Gasteiger partial charge in [0.1, 0.15) is 5.82 Å². The summed E-state index contributed by atoms with van der Waals surface area (Å²) in [4.78, 5) is 25.7. The van der Waals surface area contributed by atoms with Crippen LogP contribution in [0, 0.1) is 6.92 Å². The highest BCUT2D eigenvalue weighted by molar-refractivity contribution is 7.22. The zero-order valence-corrected chi connectivity index (χ0v) is 20.0. The number of benzene rings is 1. The van der Waals surface area contributed by atoms with Crippen molar-refractivity contribution in [3.63, 3.8) is 0 Å². The van der Waals surface area contributed by atoms with Gasteiger partial charge < -0.3 is 25.5 Å². The molecule has 178 valence electrons. The van der Waals surface area contributed by atoms with Crippen molar-refractivity contribution >= 4 is 49.7 Å². The Balaban J connectivity index is 1.32. The van der Waals surface area contributed by atoms with Gasteiger partial charge >= 0.3 is 0 Å². The number of nitrogens with zero attached hydrogens (tertiary/aromatic N) is 2. The molecule has 35 heavy (non-hydrogen) atoms. The number of rotatable bonds is 9. The Morgan fingerprint density at radius 2 is 2.00 bits per heavy atom. The van der Waals surface area contributed by atoms with Gasteiger partial charge in [-0.1, -0.05) is 0 Å². The first kappa shape index (κ1) is 23.0. The number of H-pyrrole nitrogens is 1. The third-order valence-corrected chi connectivity index (χ3v) is 6.68. The number of carbonyl (C=O) groups excluding carboxylic acids is 1. The lowest BCUT2D eigenvalue weighted by Gasteiger charge is -2.06. The number of nitrogens with one attached hydrogen (secondary N) is 3. The van der Waals surface area contributed by atoms with E-state index in [1.54, 1.807) is 29.8 Å². The molecule has 0 unspecified atom stereocenters. The summed E-state index contributed by atoms with van der Waals surface area (Å²) in [5.74, 6) is 0.586. The summed E-state index contributed by atoms with van der Waals surface area (Å²) in [6.45, 7) is 2.99. The molecule has 0 atom stereocenters. The molecule has 0 radical (unpaired) electrons. The van der Waals surface area contributed by atoms with Gasteiger partial charge in [0.05, 0.1) is 40.7 Å². The molecule has 0 saturated heterocycles. The second-order valence-corrected chi connectivity index (χ2v) is 9.14. The molecule has 4 N–H and O–H groups in total. The molecule has 0 bridgehead atoms. The number of fused-ring (bicyclic) bond motifs is 2. The fourth-order valence-electron chi connectivity index (χ4n) is 3.85. The second-order valence-electron chi connectivity index (χ2n) is 8.09. The minimum atomic E-state index is -0.210. The number of hydrogen-bond acceptors (Lipinski definition) is 7. The largest absolute Gasteiger partial charge is 0.394 e. The number of amides is 1. The normalized spacial score (nSPS) is 11.3. The van der Waals surface area contributed by atoms with E-state index in [1.165, 1.54) is 0 Å². The number of carbonyl (C=O) groups is 1. The van der Waals surface area contributed by atoms with Crippen LogP contribution >= 0.6 is 11.3 Å². The van der Waals surface area contributed by atoms with Crippen molar-refractivity contribution in [3.8, 4) is 10.6 Å². The Morgan fingerprint density at radius 1 is 1.09 bits per heavy atom. The number of aromatic nitrogens is 3. The maximum absolute atomic E-state index is 12.3. The van der Waals surface area contributed by atoms with Gasteiger partial charge in [0.25, 0.3) is 5.91 Å². The van der Waals surface area contributed by atoms with Crippen LogP contribution in [0.25, 0.3) is 31.6 Å². The predicted molar refractivity (Wildman–Crippen MR) is 139 cm³/mol. The molecular weight excluding hydrogens is 462 g/mol. The highest BCUT2D eigenvalue weighted by Gasteiger charge is 2.12. The van der Waals surface area contributed by atoms with Crippen molar-refractivity contribution in [1.82, 2.24) is 20.3 Å². The summed E-state index contributed by atoms with van der Waals surface area (Å²) in [6.07, 6.45) is 3.38. The zero-order valence-electron chi connectivity index (χ0n) is 19.2. The van der Waals surface area contributed by atoms with Crippen LogP contribution in [0.3, 0.4) is 0 Å². The van der Waals surface area contributed by atoms with E-state index in [4.69, 9.17) is 9.84 Å². The fraction of sp³-hybridized carbons (Fsp3) is 0.192. The van der Waals surface area contributed by atoms with E-state index in [2.05, 4.69) is 49.9 Å². The van der Waals surface area contributed by atoms with Crippen LogP contribution in [0.5, 0.6) is 0 Å². The first-order valence-corrected chi connectivity index (χ1v) is 12.1. The third-order valence-electron chi connectivity index (χ3n) is 5.50. The van der Waals surface area contributed by atoms with E-state index >= 15 is 0 Å². The maximum atomic E-state index is 12.3. The maximum Gasteiger partial charge on any atom is 0.252 e. The molecule has 0 spiro atoms. The number of hydrogen-bond donors (Lipinski definition) is 4. The summed E-state index contributed by atoms with van der Waals surface area (Å²) in [7, 11) is 0. The zero-order chi connectivity index (χ0) is 24.2. The Morgan fingerprint density at radius 3 is 2.83 bits per heavy atom. The number of aromatic amines is 1. The van der Waals surface area contributed by atoms with E-state index < -0.39 is 0 Å². The second kappa shape index (κ2) is 10.2. The van der Waals surface area contributed by atoms with E-state index in [0.29, 0.717) is 18.7 Å². The lowest BCUT2D eigenvalue weighted by atomic mass is 10.2. The number of ether oxygens (including phenoxy) is 1. The van der Waals surface area contributed by atoms with Gasteiger partial charge in [0.15, 0.2) is 0 Å². The highest BCUT2D eigenvalue weighted by Crippen LogP contribution is 2.37. The molecule has 0 aliphatic rings. The first-order chi connectivity index (χ1) is 17.1. The first-order valence-electron chi connectivity index (χ1n) is 11.3. The molecule has 4 heterocycles. The van der Waals surface area contributed by atoms with Crippen molar-refractivity contribution in [1.29, 1.82) is 0 Å². The Hall–Kier alpha value is -3.79. The van der Waals surface area contributed by atoms with Crippen LogP contribution in [0.1, 0.15) is 16.1 Å². The molecular formula is C26H25N5O3S. The van der Waals surface area contributed by atoms with Crippen molar-refractivity contribution in [2.45, 2.75) is 6.92 Å². The minimum Gasteiger partial charge on any atom is -0.394 e. The average Bonchev–Trinajstić information content (AvgIpc) is 3.47. The molecule has 1 amide bonds. The molecule has 8 nitrogen and oxygen atoms in total. The molecule has 5 aromatic rings. The van der Waals surface area contributed by atoms with E-state index in [-0.39, 0.29) is 19.1 Å². The van der Waals surface area contributed by atoms with Gasteiger partial charge in [-0.25, -0.2) is 4.98 Å². The SMILES string of the molecule is Cc1cc2cc(Nc3nccc4cc(-c5ccc(C(=O)NCCOCCO)cn5)sc34)ccc2[nH]1. The van der Waals surface area contributed by atoms with Gasteiger partial charge in [-0.15, -0.1) is 11.3 Å². The number of anilines is 2. The summed E-state index contributed by atoms with van der Waals surface area (Å²) in [5.41, 5.74) is 4.49. The summed E-state index contributed by atoms with van der Waals surface area (Å²) >= 11 is 1.61. The fourth-order valence-corrected chi connectivity index (χ4v) is 4.93. The monoisotopic (exact) mass is 487 g/mol. The predicted octanol–water partition coefficient (Wildman–Crippen LogP) is 4.63. The Kier molecular flexibility index (Phi) is 6.71. The lowest BCUT2D eigenvalue weighted by Crippen LogP contribution is -2.27. The summed E-state index contributed by atoms with van der Waals surface area (Å²) in [5, 5.41) is 17.2. The number of thiophene rings is 1. The van der Waals surface area contributed by atoms with Crippen LogP contribution in [0.4, 0.5) is 11.5 Å². The molecule has 0 aliphatic carbocycles. The third kappa shape index (κ3) is 5.17. The molecule has 1 aromatic carbocycles. The van der Waals surface area contributed by atoms with Gasteiger partial charge in [-0.3, -0.25) is 9.78 Å². The lowest BCUT2D eigenvalue weighted by molar-refractivity contribution is 0.0838. The van der Waals surface area contributed by atoms with Gasteiger partial charge in [-0.2, -0.15) is 0 Å². The Bertz CT molecular complexity index is 1480. The van der Waals surface area contributed by atoms with Crippen LogP contribution in [0.2, 0.25) is 0 Å². The smallest absolute Gasteiger partial charge is 0.252 e. The molecule has 0 saturated carbocycles. The molecule has 0 aliphatic heterocycles. The van der Waals surface area contributed by atoms with Crippen molar-refractivity contribution in [3.05, 3.63) is 72.2 Å². The minimum absolute atomic E-state index is 0.0340. The van der Waals surface area contributed by atoms with Crippen molar-refractivity contribution in [2.75, 3.05) is 31.7 Å². The Labute approximate surface area is 206 Å². The van der Waals surface area contributed by atoms with Crippen molar-refractivity contribution in [2.24, 2.45) is 0 Å². The van der Waals surface area contributed by atoms with Crippen LogP contribution in [-0.4, -0.2) is 52.3 Å². The van der Waals surface area contributed by atoms with Crippen LogP contribution < -0.4 is 10.6 Å². The van der Waals surface area contributed by atoms with E-state index in [9.17, 15) is 4.79 Å². The molecule has 9 heteroatoms. The van der Waals surface area contributed by atoms with Crippen LogP contribution in [-0.2, 0) is 4.74 Å². The van der Waals surface area contributed by atoms with Crippen LogP contribution in [0.15, 0.2) is 60.9 Å². The number of pyridine rings is 2. The average molecular weight is 488 g/mol. The summed E-state index contributed by atoms with van der Waals surface area (Å²) in [6, 6.07) is 16.0. The highest BCUT2D eigenvalue weighted by atomic mass is 32.1. The molecule has 0 fully saturated rings. The quantitative estimate of drug-likeness (QED) is 0.226. The summed E-state index contributed by atoms with van der Waals surface area (Å²) < 4.78 is 6.19. The topological polar surface area (TPSA) is 112 Å². The number of aliphatic hydroxyl groups is 1. The van der Waals surface area contributed by atoms with E-state index in [1.807, 2.05) is 25.1 Å². The van der Waals surface area contributed by atoms with Crippen molar-refractivity contribution < 1.29 is 14.6 Å². The van der Waals surface area contributed by atoms with Gasteiger partial charge in [-0.05, 0) is 60.8 Å². The molecule has 5 rings (SSSR count).